The van der Waals surface area contributed by atoms with Crippen LogP contribution in [0.15, 0.2) is 12.2 Å². The molecule has 0 bridgehead atoms. The fourth-order valence-electron chi connectivity index (χ4n) is 0.430. The fourth-order valence-corrected chi connectivity index (χ4v) is 0.570. The maximum atomic E-state index is 10.8. The lowest BCUT2D eigenvalue weighted by atomic mass is 10.1. The van der Waals surface area contributed by atoms with E-state index < -0.39 is 0 Å². The summed E-state index contributed by atoms with van der Waals surface area (Å²) >= 11 is 5.55. The molecule has 0 N–H and O–H groups in total. The molecule has 1 atom stereocenters. The Morgan fingerprint density at radius 2 is 2.22 bits per heavy atom. The summed E-state index contributed by atoms with van der Waals surface area (Å²) in [6.45, 7) is 6.99. The molecule has 0 rings (SSSR count). The van der Waals surface area contributed by atoms with Crippen LogP contribution < -0.4 is 0 Å². The van der Waals surface area contributed by atoms with Crippen molar-refractivity contribution in [1.29, 1.82) is 0 Å². The number of ketones is 1. The van der Waals surface area contributed by atoms with Crippen LogP contribution in [0.3, 0.4) is 0 Å². The van der Waals surface area contributed by atoms with Crippen LogP contribution in [0.4, 0.5) is 0 Å². The molecule has 9 heavy (non-hydrogen) atoms. The van der Waals surface area contributed by atoms with Gasteiger partial charge in [-0.05, 0) is 19.4 Å². The Hall–Kier alpha value is -0.300. The molecule has 0 aliphatic rings. The second kappa shape index (κ2) is 3.67. The van der Waals surface area contributed by atoms with Crippen LogP contribution in [-0.2, 0) is 4.79 Å². The van der Waals surface area contributed by atoms with Crippen molar-refractivity contribution in [1.82, 2.24) is 0 Å². The van der Waals surface area contributed by atoms with Gasteiger partial charge in [0.1, 0.15) is 0 Å². The number of hydrogen-bond acceptors (Lipinski definition) is 1. The van der Waals surface area contributed by atoms with Gasteiger partial charge in [-0.2, -0.15) is 0 Å². The highest BCUT2D eigenvalue weighted by Gasteiger charge is 2.05. The summed E-state index contributed by atoms with van der Waals surface area (Å²) in [4.78, 5) is 10.8. The Labute approximate surface area is 60.7 Å². The molecular formula is C7H11ClO. The number of allylic oxidation sites excluding steroid dienone is 1. The van der Waals surface area contributed by atoms with E-state index in [-0.39, 0.29) is 11.2 Å². The van der Waals surface area contributed by atoms with Crippen LogP contribution in [0.25, 0.3) is 0 Å². The van der Waals surface area contributed by atoms with Gasteiger partial charge in [0.05, 0.1) is 0 Å². The van der Waals surface area contributed by atoms with E-state index in [9.17, 15) is 4.79 Å². The second-order valence-electron chi connectivity index (χ2n) is 2.19. The molecule has 52 valence electrons. The van der Waals surface area contributed by atoms with Crippen LogP contribution in [0.5, 0.6) is 0 Å². The predicted molar refractivity (Wildman–Crippen MR) is 39.8 cm³/mol. The zero-order valence-electron chi connectivity index (χ0n) is 5.78. The van der Waals surface area contributed by atoms with Crippen molar-refractivity contribution in [2.75, 3.05) is 0 Å². The Bertz CT molecular complexity index is 127. The van der Waals surface area contributed by atoms with Crippen molar-refractivity contribution in [3.8, 4) is 0 Å². The van der Waals surface area contributed by atoms with E-state index in [2.05, 4.69) is 6.58 Å². The van der Waals surface area contributed by atoms with Crippen molar-refractivity contribution < 1.29 is 4.79 Å². The molecule has 0 spiro atoms. The van der Waals surface area contributed by atoms with E-state index in [1.807, 2.05) is 0 Å². The van der Waals surface area contributed by atoms with Crippen LogP contribution in [0.1, 0.15) is 20.3 Å². The molecule has 0 aliphatic carbocycles. The standard InChI is InChI=1S/C7H11ClO/c1-5(2)7(9)4-6(3)8/h6H,1,4H2,2-3H3. The highest BCUT2D eigenvalue weighted by molar-refractivity contribution is 6.22. The highest BCUT2D eigenvalue weighted by atomic mass is 35.5. The second-order valence-corrected chi connectivity index (χ2v) is 2.93. The van der Waals surface area contributed by atoms with Crippen molar-refractivity contribution in [3.05, 3.63) is 12.2 Å². The van der Waals surface area contributed by atoms with Gasteiger partial charge >= 0.3 is 0 Å². The SMILES string of the molecule is C=C(C)C(=O)CC(C)Cl. The molecule has 0 amide bonds. The molecule has 0 heterocycles. The molecule has 1 nitrogen and oxygen atoms in total. The Morgan fingerprint density at radius 1 is 1.78 bits per heavy atom. The van der Waals surface area contributed by atoms with E-state index in [0.717, 1.165) is 0 Å². The first-order valence-electron chi connectivity index (χ1n) is 2.87. The van der Waals surface area contributed by atoms with Crippen molar-refractivity contribution in [2.45, 2.75) is 25.6 Å². The normalized spacial score (nSPS) is 12.8. The van der Waals surface area contributed by atoms with Gasteiger partial charge < -0.3 is 0 Å². The molecule has 0 aromatic rings. The quantitative estimate of drug-likeness (QED) is 0.441. The van der Waals surface area contributed by atoms with Crippen molar-refractivity contribution in [3.63, 3.8) is 0 Å². The zero-order chi connectivity index (χ0) is 7.44. The number of rotatable bonds is 3. The lowest BCUT2D eigenvalue weighted by Gasteiger charge is -1.99. The lowest BCUT2D eigenvalue weighted by molar-refractivity contribution is -0.115. The summed E-state index contributed by atoms with van der Waals surface area (Å²) < 4.78 is 0. The average molecular weight is 147 g/mol. The number of halogens is 1. The summed E-state index contributed by atoms with van der Waals surface area (Å²) in [6, 6.07) is 0. The monoisotopic (exact) mass is 146 g/mol. The topological polar surface area (TPSA) is 17.1 Å². The van der Waals surface area contributed by atoms with Crippen LogP contribution in [0.2, 0.25) is 0 Å². The first kappa shape index (κ1) is 8.70. The van der Waals surface area contributed by atoms with Crippen LogP contribution >= 0.6 is 11.6 Å². The smallest absolute Gasteiger partial charge is 0.159 e. The largest absolute Gasteiger partial charge is 0.295 e. The number of hydrogen-bond donors (Lipinski definition) is 0. The summed E-state index contributed by atoms with van der Waals surface area (Å²) in [6.07, 6.45) is 0.400. The first-order chi connectivity index (χ1) is 4.04. The summed E-state index contributed by atoms with van der Waals surface area (Å²) in [5.74, 6) is 0.0532. The third-order valence-electron chi connectivity index (χ3n) is 0.943. The predicted octanol–water partition coefficient (Wildman–Crippen LogP) is 2.15. The van der Waals surface area contributed by atoms with Crippen molar-refractivity contribution in [2.24, 2.45) is 0 Å². The summed E-state index contributed by atoms with van der Waals surface area (Å²) in [5.41, 5.74) is 0.586. The molecule has 0 aromatic carbocycles. The Morgan fingerprint density at radius 3 is 2.33 bits per heavy atom. The van der Waals surface area contributed by atoms with Gasteiger partial charge in [-0.15, -0.1) is 11.6 Å². The molecule has 0 saturated carbocycles. The number of carbonyl (C=O) groups excluding carboxylic acids is 1. The minimum Gasteiger partial charge on any atom is -0.295 e. The molecule has 1 unspecified atom stereocenters. The summed E-state index contributed by atoms with van der Waals surface area (Å²) in [7, 11) is 0. The maximum Gasteiger partial charge on any atom is 0.159 e. The Balaban J connectivity index is 3.65. The van der Waals surface area contributed by atoms with Crippen LogP contribution in [0, 0.1) is 0 Å². The molecule has 0 saturated heterocycles. The van der Waals surface area contributed by atoms with Gasteiger partial charge in [-0.25, -0.2) is 0 Å². The van der Waals surface area contributed by atoms with Crippen molar-refractivity contribution >= 4 is 17.4 Å². The lowest BCUT2D eigenvalue weighted by Crippen LogP contribution is -2.04. The van der Waals surface area contributed by atoms with E-state index in [4.69, 9.17) is 11.6 Å². The highest BCUT2D eigenvalue weighted by Crippen LogP contribution is 2.04. The van der Waals surface area contributed by atoms with E-state index >= 15 is 0 Å². The third kappa shape index (κ3) is 4.22. The summed E-state index contributed by atoms with van der Waals surface area (Å²) in [5, 5.41) is -0.0748. The molecule has 2 heteroatoms. The van der Waals surface area contributed by atoms with Gasteiger partial charge in [0.25, 0.3) is 0 Å². The average Bonchev–Trinajstić information content (AvgIpc) is 1.63. The zero-order valence-corrected chi connectivity index (χ0v) is 6.53. The first-order valence-corrected chi connectivity index (χ1v) is 3.30. The minimum atomic E-state index is -0.0748. The Kier molecular flexibility index (Phi) is 3.55. The van der Waals surface area contributed by atoms with Gasteiger partial charge in [0.15, 0.2) is 5.78 Å². The fraction of sp³-hybridized carbons (Fsp3) is 0.571. The number of carbonyl (C=O) groups is 1. The third-order valence-corrected chi connectivity index (χ3v) is 1.10. The van der Waals surface area contributed by atoms with Gasteiger partial charge in [0.2, 0.25) is 0 Å². The number of alkyl halides is 1. The van der Waals surface area contributed by atoms with Crippen LogP contribution in [-0.4, -0.2) is 11.2 Å². The van der Waals surface area contributed by atoms with E-state index in [1.165, 1.54) is 0 Å². The van der Waals surface area contributed by atoms with Gasteiger partial charge in [-0.3, -0.25) is 4.79 Å². The van der Waals surface area contributed by atoms with Gasteiger partial charge in [0, 0.05) is 11.8 Å². The van der Waals surface area contributed by atoms with E-state index in [0.29, 0.717) is 12.0 Å². The number of Topliss-reactive ketones (excluding diaryl/α,β-unsaturated/α-hetero) is 1. The van der Waals surface area contributed by atoms with Gasteiger partial charge in [-0.1, -0.05) is 6.58 Å². The maximum absolute atomic E-state index is 10.8. The molecule has 0 aromatic heterocycles. The molecule has 0 fully saturated rings. The molecule has 0 radical (unpaired) electrons. The van der Waals surface area contributed by atoms with E-state index in [1.54, 1.807) is 13.8 Å². The molecule has 0 aliphatic heterocycles. The minimum absolute atomic E-state index is 0.0532. The molecular weight excluding hydrogens is 136 g/mol.